The highest BCUT2D eigenvalue weighted by Gasteiger charge is 2.11. The van der Waals surface area contributed by atoms with E-state index in [1.165, 1.54) is 38.9 Å². The zero-order valence-corrected chi connectivity index (χ0v) is 12.6. The molecule has 0 radical (unpaired) electrons. The molecule has 2 aromatic rings. The molecule has 0 nitrogen and oxygen atoms in total. The van der Waals surface area contributed by atoms with E-state index in [1.807, 2.05) is 0 Å². The molecule has 0 aliphatic rings. The highest BCUT2D eigenvalue weighted by atomic mass is 14.2. The van der Waals surface area contributed by atoms with Gasteiger partial charge < -0.3 is 0 Å². The van der Waals surface area contributed by atoms with Gasteiger partial charge in [-0.25, -0.2) is 0 Å². The van der Waals surface area contributed by atoms with Crippen LogP contribution in [0.25, 0.3) is 5.57 Å². The summed E-state index contributed by atoms with van der Waals surface area (Å²) < 4.78 is 0. The Morgan fingerprint density at radius 1 is 0.737 bits per heavy atom. The first-order chi connectivity index (χ1) is 8.90. The Labute approximate surface area is 116 Å². The van der Waals surface area contributed by atoms with Crippen LogP contribution in [0, 0.1) is 34.6 Å². The molecule has 0 atom stereocenters. The number of rotatable bonds is 2. The number of benzene rings is 2. The minimum Gasteiger partial charge on any atom is -0.0905 e. The topological polar surface area (TPSA) is 0 Å². The molecule has 0 N–H and O–H groups in total. The van der Waals surface area contributed by atoms with Gasteiger partial charge in [-0.1, -0.05) is 48.0 Å². The molecule has 0 saturated heterocycles. The third kappa shape index (κ3) is 2.63. The molecule has 0 aliphatic heterocycles. The third-order valence-electron chi connectivity index (χ3n) is 3.70. The van der Waals surface area contributed by atoms with E-state index in [0.29, 0.717) is 0 Å². The first-order valence-electron chi connectivity index (χ1n) is 6.75. The Morgan fingerprint density at radius 3 is 1.89 bits per heavy atom. The fraction of sp³-hybridized carbons (Fsp3) is 0.263. The molecular weight excluding hydrogens is 228 g/mol. The lowest BCUT2D eigenvalue weighted by Gasteiger charge is -2.16. The SMILES string of the molecule is C=C(c1cc(C)ccc1C)c1c(C)cc(C)cc1C. The number of hydrogen-bond donors (Lipinski definition) is 0. The first-order valence-corrected chi connectivity index (χ1v) is 6.75. The molecule has 98 valence electrons. The van der Waals surface area contributed by atoms with E-state index in [-0.39, 0.29) is 0 Å². The van der Waals surface area contributed by atoms with E-state index in [4.69, 9.17) is 0 Å². The summed E-state index contributed by atoms with van der Waals surface area (Å²) in [7, 11) is 0. The van der Waals surface area contributed by atoms with E-state index in [1.54, 1.807) is 0 Å². The Hall–Kier alpha value is -1.82. The maximum Gasteiger partial charge on any atom is -0.0125 e. The number of hydrogen-bond acceptors (Lipinski definition) is 0. The van der Waals surface area contributed by atoms with Crippen molar-refractivity contribution in [3.8, 4) is 0 Å². The molecule has 0 bridgehead atoms. The first kappa shape index (κ1) is 13.6. The van der Waals surface area contributed by atoms with Crippen molar-refractivity contribution in [2.45, 2.75) is 34.6 Å². The van der Waals surface area contributed by atoms with Crippen LogP contribution >= 0.6 is 0 Å². The van der Waals surface area contributed by atoms with E-state index in [2.05, 4.69) is 71.5 Å². The van der Waals surface area contributed by atoms with E-state index >= 15 is 0 Å². The molecule has 0 unspecified atom stereocenters. The predicted octanol–water partition coefficient (Wildman–Crippen LogP) is 5.29. The van der Waals surface area contributed by atoms with Crippen LogP contribution in [0.15, 0.2) is 36.9 Å². The molecule has 0 amide bonds. The molecule has 0 heterocycles. The van der Waals surface area contributed by atoms with Gasteiger partial charge in [0.15, 0.2) is 0 Å². The van der Waals surface area contributed by atoms with Crippen molar-refractivity contribution < 1.29 is 0 Å². The van der Waals surface area contributed by atoms with Crippen molar-refractivity contribution >= 4 is 5.57 Å². The standard InChI is InChI=1S/C19H22/c1-12-7-8-14(3)18(11-12)17(6)19-15(4)9-13(2)10-16(19)5/h7-11H,6H2,1-5H3. The minimum absolute atomic E-state index is 1.14. The molecule has 0 heteroatoms. The largest absolute Gasteiger partial charge is 0.0905 e. The van der Waals surface area contributed by atoms with Crippen molar-refractivity contribution in [1.29, 1.82) is 0 Å². The third-order valence-corrected chi connectivity index (χ3v) is 3.70. The summed E-state index contributed by atoms with van der Waals surface area (Å²) in [6, 6.07) is 11.0. The summed E-state index contributed by atoms with van der Waals surface area (Å²) in [6.45, 7) is 15.1. The average molecular weight is 250 g/mol. The van der Waals surface area contributed by atoms with Gasteiger partial charge in [0.1, 0.15) is 0 Å². The van der Waals surface area contributed by atoms with Gasteiger partial charge in [0.2, 0.25) is 0 Å². The van der Waals surface area contributed by atoms with Crippen molar-refractivity contribution in [2.24, 2.45) is 0 Å². The van der Waals surface area contributed by atoms with Gasteiger partial charge in [0.25, 0.3) is 0 Å². The zero-order chi connectivity index (χ0) is 14.2. The summed E-state index contributed by atoms with van der Waals surface area (Å²) in [4.78, 5) is 0. The summed E-state index contributed by atoms with van der Waals surface area (Å²) in [5.41, 5.74) is 10.2. The fourth-order valence-corrected chi connectivity index (χ4v) is 2.85. The maximum atomic E-state index is 4.35. The molecule has 0 aromatic heterocycles. The summed E-state index contributed by atoms with van der Waals surface area (Å²) >= 11 is 0. The van der Waals surface area contributed by atoms with Crippen molar-refractivity contribution in [1.82, 2.24) is 0 Å². The lowest BCUT2D eigenvalue weighted by atomic mass is 9.88. The molecule has 0 aliphatic carbocycles. The van der Waals surface area contributed by atoms with Crippen molar-refractivity contribution in [3.05, 3.63) is 75.9 Å². The van der Waals surface area contributed by atoms with E-state index in [0.717, 1.165) is 5.57 Å². The normalized spacial score (nSPS) is 10.6. The van der Waals surface area contributed by atoms with Crippen LogP contribution in [-0.2, 0) is 0 Å². The van der Waals surface area contributed by atoms with Crippen LogP contribution < -0.4 is 0 Å². The van der Waals surface area contributed by atoms with Crippen LogP contribution in [0.5, 0.6) is 0 Å². The smallest absolute Gasteiger partial charge is 0.0125 e. The quantitative estimate of drug-likeness (QED) is 0.679. The van der Waals surface area contributed by atoms with Gasteiger partial charge >= 0.3 is 0 Å². The molecule has 0 fully saturated rings. The van der Waals surface area contributed by atoms with Crippen LogP contribution in [0.2, 0.25) is 0 Å². The highest BCUT2D eigenvalue weighted by molar-refractivity contribution is 5.83. The van der Waals surface area contributed by atoms with Crippen LogP contribution in [0.3, 0.4) is 0 Å². The second-order valence-corrected chi connectivity index (χ2v) is 5.57. The zero-order valence-electron chi connectivity index (χ0n) is 12.6. The highest BCUT2D eigenvalue weighted by Crippen LogP contribution is 2.30. The molecule has 2 rings (SSSR count). The predicted molar refractivity (Wildman–Crippen MR) is 84.7 cm³/mol. The second-order valence-electron chi connectivity index (χ2n) is 5.57. The van der Waals surface area contributed by atoms with E-state index < -0.39 is 0 Å². The van der Waals surface area contributed by atoms with Gasteiger partial charge in [-0.05, 0) is 68.0 Å². The minimum atomic E-state index is 1.14. The summed E-state index contributed by atoms with van der Waals surface area (Å²) in [5, 5.41) is 0. The molecular formula is C19H22. The lowest BCUT2D eigenvalue weighted by Crippen LogP contribution is -1.97. The summed E-state index contributed by atoms with van der Waals surface area (Å²) in [6.07, 6.45) is 0. The molecule has 19 heavy (non-hydrogen) atoms. The van der Waals surface area contributed by atoms with Gasteiger partial charge in [0.05, 0.1) is 0 Å². The Balaban J connectivity index is 2.59. The molecule has 2 aromatic carbocycles. The van der Waals surface area contributed by atoms with Crippen LogP contribution in [-0.4, -0.2) is 0 Å². The van der Waals surface area contributed by atoms with Crippen LogP contribution in [0.4, 0.5) is 0 Å². The van der Waals surface area contributed by atoms with E-state index in [9.17, 15) is 0 Å². The van der Waals surface area contributed by atoms with Gasteiger partial charge in [0, 0.05) is 0 Å². The molecule has 0 spiro atoms. The van der Waals surface area contributed by atoms with Gasteiger partial charge in [-0.15, -0.1) is 0 Å². The monoisotopic (exact) mass is 250 g/mol. The van der Waals surface area contributed by atoms with Gasteiger partial charge in [-0.2, -0.15) is 0 Å². The maximum absolute atomic E-state index is 4.35. The summed E-state index contributed by atoms with van der Waals surface area (Å²) in [5.74, 6) is 0. The van der Waals surface area contributed by atoms with Crippen LogP contribution in [0.1, 0.15) is 38.9 Å². The Bertz CT molecular complexity index is 622. The molecule has 0 saturated carbocycles. The second kappa shape index (κ2) is 5.05. The fourth-order valence-electron chi connectivity index (χ4n) is 2.85. The number of aryl methyl sites for hydroxylation is 5. The Morgan fingerprint density at radius 2 is 1.32 bits per heavy atom. The lowest BCUT2D eigenvalue weighted by molar-refractivity contribution is 1.28. The van der Waals surface area contributed by atoms with Crippen molar-refractivity contribution in [3.63, 3.8) is 0 Å². The Kier molecular flexibility index (Phi) is 3.61. The van der Waals surface area contributed by atoms with Crippen molar-refractivity contribution in [2.75, 3.05) is 0 Å². The average Bonchev–Trinajstić information content (AvgIpc) is 2.30. The van der Waals surface area contributed by atoms with Gasteiger partial charge in [-0.3, -0.25) is 0 Å².